The number of piperidine rings is 2. The number of amides is 2. The van der Waals surface area contributed by atoms with Gasteiger partial charge in [0.15, 0.2) is 5.69 Å². The van der Waals surface area contributed by atoms with E-state index in [1.807, 2.05) is 11.9 Å². The number of fused-ring (bicyclic) bond motifs is 1. The summed E-state index contributed by atoms with van der Waals surface area (Å²) in [5.41, 5.74) is 1.35. The molecule has 2 fully saturated rings. The van der Waals surface area contributed by atoms with Gasteiger partial charge in [0.25, 0.3) is 5.91 Å². The van der Waals surface area contributed by atoms with Gasteiger partial charge in [-0.25, -0.2) is 18.7 Å². The van der Waals surface area contributed by atoms with Crippen LogP contribution in [0.4, 0.5) is 8.78 Å². The van der Waals surface area contributed by atoms with Crippen LogP contribution < -0.4 is 5.32 Å². The first kappa shape index (κ1) is 23.3. The van der Waals surface area contributed by atoms with Crippen LogP contribution in [0.2, 0.25) is 0 Å². The minimum Gasteiger partial charge on any atom is -0.350 e. The number of carbonyl (C=O) groups is 2. The summed E-state index contributed by atoms with van der Waals surface area (Å²) in [7, 11) is 1.93. The second-order valence-corrected chi connectivity index (χ2v) is 9.42. The van der Waals surface area contributed by atoms with Crippen molar-refractivity contribution in [1.82, 2.24) is 29.5 Å². The first-order valence-corrected chi connectivity index (χ1v) is 11.9. The van der Waals surface area contributed by atoms with Crippen LogP contribution in [0.3, 0.4) is 0 Å². The van der Waals surface area contributed by atoms with Gasteiger partial charge in [-0.15, -0.1) is 0 Å². The third-order valence-electron chi connectivity index (χ3n) is 7.16. The van der Waals surface area contributed by atoms with Crippen LogP contribution in [0.1, 0.15) is 47.7 Å². The van der Waals surface area contributed by atoms with Gasteiger partial charge in [0.2, 0.25) is 5.91 Å². The summed E-state index contributed by atoms with van der Waals surface area (Å²) in [5, 5.41) is 3.12. The smallest absolute Gasteiger partial charge is 0.274 e. The summed E-state index contributed by atoms with van der Waals surface area (Å²) in [4.78, 5) is 38.7. The van der Waals surface area contributed by atoms with Crippen LogP contribution in [0, 0.1) is 11.6 Å². The Morgan fingerprint density at radius 3 is 2.66 bits per heavy atom. The van der Waals surface area contributed by atoms with Crippen LogP contribution >= 0.6 is 0 Å². The number of hydrogen-bond donors (Lipinski definition) is 1. The largest absolute Gasteiger partial charge is 0.350 e. The zero-order chi connectivity index (χ0) is 24.5. The van der Waals surface area contributed by atoms with E-state index in [0.29, 0.717) is 24.0 Å². The van der Waals surface area contributed by atoms with E-state index in [2.05, 4.69) is 15.3 Å². The zero-order valence-electron chi connectivity index (χ0n) is 19.5. The number of nitrogens with one attached hydrogen (secondary N) is 1. The molecule has 1 N–H and O–H groups in total. The van der Waals surface area contributed by atoms with Gasteiger partial charge in [-0.05, 0) is 50.6 Å². The second kappa shape index (κ2) is 9.69. The molecule has 8 nitrogen and oxygen atoms in total. The molecular formula is C25H28F2N6O2. The van der Waals surface area contributed by atoms with Gasteiger partial charge in [0.1, 0.15) is 11.6 Å². The minimum absolute atomic E-state index is 0.121. The number of benzene rings is 1. The highest BCUT2D eigenvalue weighted by Crippen LogP contribution is 2.31. The summed E-state index contributed by atoms with van der Waals surface area (Å²) < 4.78 is 29.8. The summed E-state index contributed by atoms with van der Waals surface area (Å²) in [6, 6.07) is 2.70. The highest BCUT2D eigenvalue weighted by Gasteiger charge is 2.37. The van der Waals surface area contributed by atoms with E-state index in [0.717, 1.165) is 31.9 Å². The molecular weight excluding hydrogens is 454 g/mol. The zero-order valence-corrected chi connectivity index (χ0v) is 19.5. The van der Waals surface area contributed by atoms with Crippen molar-refractivity contribution >= 4 is 17.3 Å². The van der Waals surface area contributed by atoms with Crippen molar-refractivity contribution in [3.63, 3.8) is 0 Å². The normalized spacial score (nSPS) is 23.4. The molecule has 2 amide bonds. The number of nitrogens with zero attached hydrogens (tertiary/aromatic N) is 5. The summed E-state index contributed by atoms with van der Waals surface area (Å²) in [6.45, 7) is 1.42. The van der Waals surface area contributed by atoms with Crippen LogP contribution in [-0.2, 0) is 4.79 Å². The Morgan fingerprint density at radius 1 is 1.09 bits per heavy atom. The third-order valence-corrected chi connectivity index (χ3v) is 7.16. The lowest BCUT2D eigenvalue weighted by Gasteiger charge is -2.40. The fourth-order valence-corrected chi connectivity index (χ4v) is 5.32. The Labute approximate surface area is 202 Å². The monoisotopic (exact) mass is 482 g/mol. The second-order valence-electron chi connectivity index (χ2n) is 9.42. The minimum atomic E-state index is -0.660. The van der Waals surface area contributed by atoms with Gasteiger partial charge in [0.05, 0.1) is 30.1 Å². The number of likely N-dealkylation sites (tertiary alicyclic amines) is 2. The van der Waals surface area contributed by atoms with Crippen molar-refractivity contribution in [2.45, 2.75) is 43.7 Å². The standard InChI is InChI=1S/C25H28F2N6O2/c1-31-7-3-2-4-21(31)24(34)30-20-14-32(8-5-19(20)16-10-17(26)12-18(27)11-16)25(35)23-22-13-28-15-33(22)9-6-29-23/h6,9-13,15,19-21H,2-5,7-8,14H2,1H3,(H,30,34)/t19-,20+,21+/m0/s1. The molecule has 4 heterocycles. The Kier molecular flexibility index (Phi) is 6.46. The van der Waals surface area contributed by atoms with Crippen LogP contribution in [0.15, 0.2) is 43.1 Å². The number of aromatic nitrogens is 3. The first-order chi connectivity index (χ1) is 16.9. The maximum Gasteiger partial charge on any atom is 0.274 e. The molecule has 0 saturated carbocycles. The Hall–Kier alpha value is -3.40. The number of likely N-dealkylation sites (N-methyl/N-ethyl adjacent to an activating group) is 1. The fraction of sp³-hybridized carbons (Fsp3) is 0.440. The Morgan fingerprint density at radius 2 is 1.89 bits per heavy atom. The van der Waals surface area contributed by atoms with Gasteiger partial charge in [0, 0.05) is 37.5 Å². The molecule has 3 atom stereocenters. The number of imidazole rings is 1. The third kappa shape index (κ3) is 4.75. The van der Waals surface area contributed by atoms with E-state index in [-0.39, 0.29) is 36.0 Å². The van der Waals surface area contributed by atoms with Crippen molar-refractivity contribution in [2.24, 2.45) is 0 Å². The Balaban J connectivity index is 1.42. The quantitative estimate of drug-likeness (QED) is 0.618. The van der Waals surface area contributed by atoms with E-state index in [1.165, 1.54) is 12.1 Å². The van der Waals surface area contributed by atoms with Crippen LogP contribution in [-0.4, -0.2) is 74.7 Å². The van der Waals surface area contributed by atoms with Gasteiger partial charge >= 0.3 is 0 Å². The number of halogens is 2. The van der Waals surface area contributed by atoms with Crippen molar-refractivity contribution in [3.8, 4) is 0 Å². The lowest BCUT2D eigenvalue weighted by Crippen LogP contribution is -2.57. The van der Waals surface area contributed by atoms with Crippen molar-refractivity contribution in [3.05, 3.63) is 66.0 Å². The Bertz CT molecular complexity index is 1230. The fourth-order valence-electron chi connectivity index (χ4n) is 5.32. The molecule has 2 aromatic heterocycles. The molecule has 1 aromatic carbocycles. The molecule has 2 aliphatic rings. The molecule has 2 saturated heterocycles. The molecule has 0 radical (unpaired) electrons. The average Bonchev–Trinajstić information content (AvgIpc) is 3.32. The molecule has 0 bridgehead atoms. The molecule has 2 aliphatic heterocycles. The predicted octanol–water partition coefficient (Wildman–Crippen LogP) is 2.61. The van der Waals surface area contributed by atoms with Crippen molar-refractivity contribution in [2.75, 3.05) is 26.7 Å². The van der Waals surface area contributed by atoms with Crippen LogP contribution in [0.5, 0.6) is 0 Å². The maximum absolute atomic E-state index is 14.0. The number of rotatable bonds is 4. The van der Waals surface area contributed by atoms with E-state index >= 15 is 0 Å². The SMILES string of the molecule is CN1CCCC[C@@H]1C(=O)N[C@@H]1CN(C(=O)c2nccn3cncc23)CC[C@H]1c1cc(F)cc(F)c1. The first-order valence-electron chi connectivity index (χ1n) is 11.9. The summed E-state index contributed by atoms with van der Waals surface area (Å²) >= 11 is 0. The average molecular weight is 483 g/mol. The topological polar surface area (TPSA) is 82.8 Å². The highest BCUT2D eigenvalue weighted by molar-refractivity contribution is 5.98. The van der Waals surface area contributed by atoms with Crippen molar-refractivity contribution < 1.29 is 18.4 Å². The lowest BCUT2D eigenvalue weighted by atomic mass is 9.84. The van der Waals surface area contributed by atoms with E-state index in [9.17, 15) is 18.4 Å². The van der Waals surface area contributed by atoms with Gasteiger partial charge < -0.3 is 14.6 Å². The molecule has 3 aromatic rings. The van der Waals surface area contributed by atoms with E-state index in [4.69, 9.17) is 0 Å². The molecule has 10 heteroatoms. The molecule has 184 valence electrons. The number of carbonyl (C=O) groups excluding carboxylic acids is 2. The van der Waals surface area contributed by atoms with Gasteiger partial charge in [-0.2, -0.15) is 0 Å². The maximum atomic E-state index is 14.0. The summed E-state index contributed by atoms with van der Waals surface area (Å²) in [5.74, 6) is -2.04. The van der Waals surface area contributed by atoms with Crippen LogP contribution in [0.25, 0.3) is 5.52 Å². The van der Waals surface area contributed by atoms with Gasteiger partial charge in [-0.3, -0.25) is 14.5 Å². The van der Waals surface area contributed by atoms with Gasteiger partial charge in [-0.1, -0.05) is 6.42 Å². The summed E-state index contributed by atoms with van der Waals surface area (Å²) in [6.07, 6.45) is 9.66. The molecule has 0 spiro atoms. The molecule has 35 heavy (non-hydrogen) atoms. The van der Waals surface area contributed by atoms with E-state index < -0.39 is 17.7 Å². The highest BCUT2D eigenvalue weighted by atomic mass is 19.1. The van der Waals surface area contributed by atoms with E-state index in [1.54, 1.807) is 34.2 Å². The molecule has 5 rings (SSSR count). The van der Waals surface area contributed by atoms with Crippen molar-refractivity contribution in [1.29, 1.82) is 0 Å². The molecule has 0 unspecified atom stereocenters. The number of hydrogen-bond acceptors (Lipinski definition) is 5. The molecule has 0 aliphatic carbocycles. The lowest BCUT2D eigenvalue weighted by molar-refractivity contribution is -0.128. The predicted molar refractivity (Wildman–Crippen MR) is 125 cm³/mol.